The normalized spacial score (nSPS) is 10.6. The van der Waals surface area contributed by atoms with Crippen LogP contribution in [-0.4, -0.2) is 12.5 Å². The Morgan fingerprint density at radius 3 is 2.32 bits per heavy atom. The third kappa shape index (κ3) is 2.60. The monoisotopic (exact) mass is 289 g/mol. The molecule has 0 atom stereocenters. The fourth-order valence-electron chi connectivity index (χ4n) is 2.87. The quantitative estimate of drug-likeness (QED) is 0.673. The summed E-state index contributed by atoms with van der Waals surface area (Å²) in [7, 11) is 0. The number of carbonyl (C=O) groups excluding carboxylic acids is 1. The van der Waals surface area contributed by atoms with E-state index in [2.05, 4.69) is 36.4 Å². The molecule has 0 heterocycles. The predicted octanol–water partition coefficient (Wildman–Crippen LogP) is 4.88. The van der Waals surface area contributed by atoms with Crippen LogP contribution in [0.2, 0.25) is 0 Å². The van der Waals surface area contributed by atoms with Gasteiger partial charge >= 0.3 is 0 Å². The average molecular weight is 289 g/mol. The smallest absolute Gasteiger partial charge is 0.223 e. The van der Waals surface area contributed by atoms with E-state index in [4.69, 9.17) is 0 Å². The minimum absolute atomic E-state index is 0.0655. The van der Waals surface area contributed by atoms with Crippen molar-refractivity contribution in [2.75, 3.05) is 11.4 Å². The molecule has 0 radical (unpaired) electrons. The van der Waals surface area contributed by atoms with Gasteiger partial charge in [0.05, 0.1) is 5.69 Å². The predicted molar refractivity (Wildman–Crippen MR) is 93.1 cm³/mol. The number of benzene rings is 3. The Morgan fingerprint density at radius 2 is 1.59 bits per heavy atom. The molecule has 0 fully saturated rings. The summed E-state index contributed by atoms with van der Waals surface area (Å²) in [5.74, 6) is 0.0655. The number of para-hydroxylation sites is 1. The third-order valence-corrected chi connectivity index (χ3v) is 3.95. The van der Waals surface area contributed by atoms with Gasteiger partial charge in [-0.3, -0.25) is 4.79 Å². The van der Waals surface area contributed by atoms with Crippen LogP contribution in [0.1, 0.15) is 13.8 Å². The second-order valence-electron chi connectivity index (χ2n) is 5.34. The van der Waals surface area contributed by atoms with Crippen LogP contribution in [0.5, 0.6) is 0 Å². The first-order valence-electron chi connectivity index (χ1n) is 7.57. The highest BCUT2D eigenvalue weighted by atomic mass is 16.2. The summed E-state index contributed by atoms with van der Waals surface area (Å²) in [5.41, 5.74) is 3.19. The van der Waals surface area contributed by atoms with Crippen LogP contribution < -0.4 is 4.90 Å². The first kappa shape index (κ1) is 14.3. The number of nitrogens with zero attached hydrogens (tertiary/aromatic N) is 1. The van der Waals surface area contributed by atoms with Crippen molar-refractivity contribution in [3.05, 3.63) is 66.7 Å². The molecule has 110 valence electrons. The van der Waals surface area contributed by atoms with E-state index in [1.807, 2.05) is 42.2 Å². The molecule has 3 aromatic rings. The van der Waals surface area contributed by atoms with Crippen LogP contribution in [-0.2, 0) is 4.79 Å². The van der Waals surface area contributed by atoms with Gasteiger partial charge in [0.1, 0.15) is 0 Å². The van der Waals surface area contributed by atoms with Gasteiger partial charge < -0.3 is 4.90 Å². The molecule has 2 heteroatoms. The highest BCUT2D eigenvalue weighted by Gasteiger charge is 2.14. The Hall–Kier alpha value is -2.61. The summed E-state index contributed by atoms with van der Waals surface area (Å²) in [6, 6.07) is 22.8. The number of hydrogen-bond donors (Lipinski definition) is 0. The number of amides is 1. The minimum atomic E-state index is 0.0655. The summed E-state index contributed by atoms with van der Waals surface area (Å²) in [5, 5.41) is 2.43. The summed E-state index contributed by atoms with van der Waals surface area (Å²) in [4.78, 5) is 13.7. The van der Waals surface area contributed by atoms with Gasteiger partial charge in [-0.1, -0.05) is 54.6 Å². The van der Waals surface area contributed by atoms with Gasteiger partial charge in [0.15, 0.2) is 0 Å². The van der Waals surface area contributed by atoms with Crippen molar-refractivity contribution in [1.29, 1.82) is 0 Å². The van der Waals surface area contributed by atoms with Crippen molar-refractivity contribution >= 4 is 22.4 Å². The van der Waals surface area contributed by atoms with E-state index >= 15 is 0 Å². The number of anilines is 1. The Balaban J connectivity index is 2.16. The maximum Gasteiger partial charge on any atom is 0.223 e. The number of fused-ring (bicyclic) bond motifs is 1. The topological polar surface area (TPSA) is 20.3 Å². The molecule has 2 nitrogen and oxygen atoms in total. The molecule has 0 saturated heterocycles. The maximum absolute atomic E-state index is 11.9. The second kappa shape index (κ2) is 6.02. The van der Waals surface area contributed by atoms with Crippen molar-refractivity contribution in [1.82, 2.24) is 0 Å². The summed E-state index contributed by atoms with van der Waals surface area (Å²) in [6.07, 6.45) is 0. The molecule has 1 amide bonds. The van der Waals surface area contributed by atoms with E-state index in [-0.39, 0.29) is 5.91 Å². The van der Waals surface area contributed by atoms with Crippen molar-refractivity contribution in [2.24, 2.45) is 0 Å². The van der Waals surface area contributed by atoms with Crippen LogP contribution in [0.15, 0.2) is 66.7 Å². The van der Waals surface area contributed by atoms with Gasteiger partial charge in [0, 0.05) is 19.0 Å². The molecule has 0 saturated carbocycles. The zero-order valence-electron chi connectivity index (χ0n) is 12.9. The lowest BCUT2D eigenvalue weighted by Crippen LogP contribution is -2.28. The van der Waals surface area contributed by atoms with Gasteiger partial charge in [-0.2, -0.15) is 0 Å². The SMILES string of the molecule is CCN(C(C)=O)c1ccccc1-c1ccc2ccccc2c1. The van der Waals surface area contributed by atoms with Crippen LogP contribution in [0.25, 0.3) is 21.9 Å². The molecule has 0 aliphatic heterocycles. The van der Waals surface area contributed by atoms with Crippen molar-refractivity contribution < 1.29 is 4.79 Å². The largest absolute Gasteiger partial charge is 0.312 e. The summed E-state index contributed by atoms with van der Waals surface area (Å²) < 4.78 is 0. The van der Waals surface area contributed by atoms with Gasteiger partial charge in [-0.25, -0.2) is 0 Å². The van der Waals surface area contributed by atoms with Gasteiger partial charge in [0.25, 0.3) is 0 Å². The van der Waals surface area contributed by atoms with Gasteiger partial charge in [-0.15, -0.1) is 0 Å². The van der Waals surface area contributed by atoms with Crippen LogP contribution in [0.4, 0.5) is 5.69 Å². The molecule has 3 rings (SSSR count). The van der Waals surface area contributed by atoms with Gasteiger partial charge in [-0.05, 0) is 35.4 Å². The molecule has 0 aromatic heterocycles. The van der Waals surface area contributed by atoms with E-state index in [0.717, 1.165) is 16.8 Å². The third-order valence-electron chi connectivity index (χ3n) is 3.95. The molecular weight excluding hydrogens is 270 g/mol. The zero-order valence-corrected chi connectivity index (χ0v) is 12.9. The van der Waals surface area contributed by atoms with Crippen LogP contribution >= 0.6 is 0 Å². The van der Waals surface area contributed by atoms with Crippen molar-refractivity contribution in [2.45, 2.75) is 13.8 Å². The lowest BCUT2D eigenvalue weighted by molar-refractivity contribution is -0.116. The molecule has 0 spiro atoms. The number of rotatable bonds is 3. The fourth-order valence-corrected chi connectivity index (χ4v) is 2.87. The van der Waals surface area contributed by atoms with Crippen LogP contribution in [0, 0.1) is 0 Å². The van der Waals surface area contributed by atoms with E-state index in [0.29, 0.717) is 6.54 Å². The highest BCUT2D eigenvalue weighted by Crippen LogP contribution is 2.32. The molecule has 0 aliphatic rings. The second-order valence-corrected chi connectivity index (χ2v) is 5.34. The lowest BCUT2D eigenvalue weighted by Gasteiger charge is -2.22. The first-order chi connectivity index (χ1) is 10.7. The Labute approximate surface area is 131 Å². The van der Waals surface area contributed by atoms with E-state index in [9.17, 15) is 4.79 Å². The summed E-state index contributed by atoms with van der Waals surface area (Å²) in [6.45, 7) is 4.28. The lowest BCUT2D eigenvalue weighted by atomic mass is 9.99. The minimum Gasteiger partial charge on any atom is -0.312 e. The maximum atomic E-state index is 11.9. The highest BCUT2D eigenvalue weighted by molar-refractivity contribution is 5.97. The number of carbonyl (C=O) groups is 1. The van der Waals surface area contributed by atoms with Crippen molar-refractivity contribution in [3.63, 3.8) is 0 Å². The molecular formula is C20H19NO. The Morgan fingerprint density at radius 1 is 0.909 bits per heavy atom. The molecule has 22 heavy (non-hydrogen) atoms. The number of hydrogen-bond acceptors (Lipinski definition) is 1. The Kier molecular flexibility index (Phi) is 3.92. The van der Waals surface area contributed by atoms with E-state index in [1.54, 1.807) is 6.92 Å². The first-order valence-corrected chi connectivity index (χ1v) is 7.57. The molecule has 3 aromatic carbocycles. The Bertz CT molecular complexity index is 823. The standard InChI is InChI=1S/C20H19NO/c1-3-21(15(2)22)20-11-7-6-10-19(20)18-13-12-16-8-4-5-9-17(16)14-18/h4-14H,3H2,1-2H3. The zero-order chi connectivity index (χ0) is 15.5. The molecule has 0 aliphatic carbocycles. The van der Waals surface area contributed by atoms with E-state index in [1.165, 1.54) is 10.8 Å². The molecule has 0 N–H and O–H groups in total. The average Bonchev–Trinajstić information content (AvgIpc) is 2.55. The van der Waals surface area contributed by atoms with Gasteiger partial charge in [0.2, 0.25) is 5.91 Å². The molecule has 0 bridgehead atoms. The summed E-state index contributed by atoms with van der Waals surface area (Å²) >= 11 is 0. The fraction of sp³-hybridized carbons (Fsp3) is 0.150. The van der Waals surface area contributed by atoms with E-state index < -0.39 is 0 Å². The van der Waals surface area contributed by atoms with Crippen LogP contribution in [0.3, 0.4) is 0 Å². The molecule has 0 unspecified atom stereocenters. The van der Waals surface area contributed by atoms with Crippen molar-refractivity contribution in [3.8, 4) is 11.1 Å².